The predicted molar refractivity (Wildman–Crippen MR) is 94.8 cm³/mol. The van der Waals surface area contributed by atoms with Crippen molar-refractivity contribution >= 4 is 0 Å². The molecule has 0 bridgehead atoms. The minimum atomic E-state index is 0.207. The molecule has 22 heavy (non-hydrogen) atoms. The van der Waals surface area contributed by atoms with Gasteiger partial charge in [-0.2, -0.15) is 0 Å². The molecule has 0 heterocycles. The zero-order valence-electron chi connectivity index (χ0n) is 14.9. The van der Waals surface area contributed by atoms with E-state index in [1.54, 1.807) is 0 Å². The van der Waals surface area contributed by atoms with Crippen molar-refractivity contribution in [2.75, 3.05) is 19.7 Å². The fourth-order valence-electron chi connectivity index (χ4n) is 3.38. The van der Waals surface area contributed by atoms with Gasteiger partial charge in [0, 0.05) is 12.6 Å². The summed E-state index contributed by atoms with van der Waals surface area (Å²) < 4.78 is 5.96. The van der Waals surface area contributed by atoms with Gasteiger partial charge in [0.2, 0.25) is 0 Å². The Bertz CT molecular complexity index is 426. The first-order valence-corrected chi connectivity index (χ1v) is 8.98. The molecule has 0 amide bonds. The van der Waals surface area contributed by atoms with Crippen LogP contribution in [-0.4, -0.2) is 30.6 Å². The van der Waals surface area contributed by atoms with E-state index in [1.807, 2.05) is 0 Å². The summed E-state index contributed by atoms with van der Waals surface area (Å²) in [5.74, 6) is 0.993. The Hall–Kier alpha value is -1.02. The summed E-state index contributed by atoms with van der Waals surface area (Å²) in [6.45, 7) is 12.0. The van der Waals surface area contributed by atoms with E-state index < -0.39 is 0 Å². The van der Waals surface area contributed by atoms with Crippen LogP contribution < -0.4 is 4.74 Å². The van der Waals surface area contributed by atoms with Crippen LogP contribution in [0.5, 0.6) is 5.75 Å². The van der Waals surface area contributed by atoms with Crippen LogP contribution in [0.15, 0.2) is 24.3 Å². The predicted octanol–water partition coefficient (Wildman–Crippen LogP) is 5.02. The number of nitrogens with zero attached hydrogens (tertiary/aromatic N) is 1. The number of ether oxygens (including phenoxy) is 1. The van der Waals surface area contributed by atoms with E-state index >= 15 is 0 Å². The molecule has 1 fully saturated rings. The molecule has 1 aromatic rings. The van der Waals surface area contributed by atoms with E-state index in [-0.39, 0.29) is 5.41 Å². The van der Waals surface area contributed by atoms with Crippen LogP contribution in [-0.2, 0) is 5.41 Å². The third kappa shape index (κ3) is 5.01. The van der Waals surface area contributed by atoms with Crippen LogP contribution in [0.4, 0.5) is 0 Å². The smallest absolute Gasteiger partial charge is 0.119 e. The molecule has 1 aliphatic rings. The molecule has 2 rings (SSSR count). The largest absolute Gasteiger partial charge is 0.492 e. The minimum Gasteiger partial charge on any atom is -0.492 e. The summed E-state index contributed by atoms with van der Waals surface area (Å²) in [7, 11) is 0. The summed E-state index contributed by atoms with van der Waals surface area (Å²) in [6, 6.07) is 9.38. The SMILES string of the molecule is CCN(CCOc1ccc(C(C)(C)C)cc1)C1CCCCC1. The van der Waals surface area contributed by atoms with Crippen LogP contribution >= 0.6 is 0 Å². The highest BCUT2D eigenvalue weighted by atomic mass is 16.5. The second-order valence-corrected chi connectivity index (χ2v) is 7.54. The van der Waals surface area contributed by atoms with Crippen LogP contribution in [0, 0.1) is 0 Å². The second-order valence-electron chi connectivity index (χ2n) is 7.54. The maximum Gasteiger partial charge on any atom is 0.119 e. The number of rotatable bonds is 6. The van der Waals surface area contributed by atoms with Crippen molar-refractivity contribution in [2.45, 2.75) is 71.3 Å². The first-order chi connectivity index (χ1) is 10.5. The molecule has 0 radical (unpaired) electrons. The van der Waals surface area contributed by atoms with Crippen LogP contribution in [0.3, 0.4) is 0 Å². The molecule has 2 heteroatoms. The lowest BCUT2D eigenvalue weighted by molar-refractivity contribution is 0.137. The summed E-state index contributed by atoms with van der Waals surface area (Å²) in [5, 5.41) is 0. The van der Waals surface area contributed by atoms with Crippen molar-refractivity contribution in [3.05, 3.63) is 29.8 Å². The Balaban J connectivity index is 1.79. The van der Waals surface area contributed by atoms with Gasteiger partial charge in [-0.15, -0.1) is 0 Å². The number of likely N-dealkylation sites (N-methyl/N-ethyl adjacent to an activating group) is 1. The lowest BCUT2D eigenvalue weighted by Crippen LogP contribution is -2.39. The van der Waals surface area contributed by atoms with Crippen molar-refractivity contribution in [2.24, 2.45) is 0 Å². The maximum atomic E-state index is 5.96. The molecule has 124 valence electrons. The highest BCUT2D eigenvalue weighted by Crippen LogP contribution is 2.25. The molecule has 0 saturated heterocycles. The number of benzene rings is 1. The van der Waals surface area contributed by atoms with E-state index in [0.29, 0.717) is 0 Å². The monoisotopic (exact) mass is 303 g/mol. The van der Waals surface area contributed by atoms with Crippen molar-refractivity contribution in [3.63, 3.8) is 0 Å². The molecular formula is C20H33NO. The lowest BCUT2D eigenvalue weighted by Gasteiger charge is -2.33. The van der Waals surface area contributed by atoms with Gasteiger partial charge < -0.3 is 4.74 Å². The summed E-state index contributed by atoms with van der Waals surface area (Å²) >= 11 is 0. The van der Waals surface area contributed by atoms with Crippen LogP contribution in [0.2, 0.25) is 0 Å². The molecule has 1 aromatic carbocycles. The molecule has 0 aliphatic heterocycles. The summed E-state index contributed by atoms with van der Waals surface area (Å²) in [5.41, 5.74) is 1.57. The van der Waals surface area contributed by atoms with Crippen molar-refractivity contribution in [1.82, 2.24) is 4.90 Å². The fraction of sp³-hybridized carbons (Fsp3) is 0.700. The third-order valence-electron chi connectivity index (χ3n) is 4.86. The first-order valence-electron chi connectivity index (χ1n) is 8.98. The van der Waals surface area contributed by atoms with E-state index in [0.717, 1.165) is 31.5 Å². The molecule has 1 aliphatic carbocycles. The van der Waals surface area contributed by atoms with E-state index in [4.69, 9.17) is 4.74 Å². The molecule has 0 atom stereocenters. The Morgan fingerprint density at radius 3 is 2.23 bits per heavy atom. The van der Waals surface area contributed by atoms with E-state index in [1.165, 1.54) is 37.7 Å². The van der Waals surface area contributed by atoms with Gasteiger partial charge in [-0.05, 0) is 42.5 Å². The fourth-order valence-corrected chi connectivity index (χ4v) is 3.38. The average Bonchev–Trinajstić information content (AvgIpc) is 2.52. The Morgan fingerprint density at radius 2 is 1.68 bits per heavy atom. The highest BCUT2D eigenvalue weighted by Gasteiger charge is 2.19. The molecule has 0 spiro atoms. The highest BCUT2D eigenvalue weighted by molar-refractivity contribution is 5.31. The van der Waals surface area contributed by atoms with Gasteiger partial charge in [-0.25, -0.2) is 0 Å². The topological polar surface area (TPSA) is 12.5 Å². The Labute approximate surface area is 136 Å². The second kappa shape index (κ2) is 8.01. The molecular weight excluding hydrogens is 270 g/mol. The van der Waals surface area contributed by atoms with Gasteiger partial charge in [-0.1, -0.05) is 59.1 Å². The summed E-state index contributed by atoms with van der Waals surface area (Å²) in [6.07, 6.45) is 6.96. The first kappa shape index (κ1) is 17.3. The van der Waals surface area contributed by atoms with E-state index in [2.05, 4.69) is 56.9 Å². The zero-order chi connectivity index (χ0) is 16.0. The van der Waals surface area contributed by atoms with Crippen LogP contribution in [0.1, 0.15) is 65.4 Å². The van der Waals surface area contributed by atoms with Gasteiger partial charge >= 0.3 is 0 Å². The van der Waals surface area contributed by atoms with Crippen molar-refractivity contribution in [1.29, 1.82) is 0 Å². The molecule has 0 unspecified atom stereocenters. The Morgan fingerprint density at radius 1 is 1.05 bits per heavy atom. The van der Waals surface area contributed by atoms with Gasteiger partial charge in [-0.3, -0.25) is 4.90 Å². The van der Waals surface area contributed by atoms with Crippen molar-refractivity contribution in [3.8, 4) is 5.75 Å². The third-order valence-corrected chi connectivity index (χ3v) is 4.86. The molecule has 0 N–H and O–H groups in total. The molecule has 0 aromatic heterocycles. The normalized spacial score (nSPS) is 17.0. The number of hydrogen-bond donors (Lipinski definition) is 0. The quantitative estimate of drug-likeness (QED) is 0.732. The van der Waals surface area contributed by atoms with Gasteiger partial charge in [0.1, 0.15) is 12.4 Å². The molecule has 2 nitrogen and oxygen atoms in total. The lowest BCUT2D eigenvalue weighted by atomic mass is 9.87. The minimum absolute atomic E-state index is 0.207. The Kier molecular flexibility index (Phi) is 6.31. The van der Waals surface area contributed by atoms with E-state index in [9.17, 15) is 0 Å². The average molecular weight is 303 g/mol. The van der Waals surface area contributed by atoms with Gasteiger partial charge in [0.05, 0.1) is 0 Å². The van der Waals surface area contributed by atoms with Crippen LogP contribution in [0.25, 0.3) is 0 Å². The zero-order valence-corrected chi connectivity index (χ0v) is 14.9. The van der Waals surface area contributed by atoms with Gasteiger partial charge in [0.25, 0.3) is 0 Å². The summed E-state index contributed by atoms with van der Waals surface area (Å²) in [4.78, 5) is 2.60. The van der Waals surface area contributed by atoms with Gasteiger partial charge in [0.15, 0.2) is 0 Å². The number of hydrogen-bond acceptors (Lipinski definition) is 2. The standard InChI is InChI=1S/C20H33NO/c1-5-21(18-9-7-6-8-10-18)15-16-22-19-13-11-17(12-14-19)20(2,3)4/h11-14,18H,5-10,15-16H2,1-4H3. The van der Waals surface area contributed by atoms with Crippen molar-refractivity contribution < 1.29 is 4.74 Å². The maximum absolute atomic E-state index is 5.96. The molecule has 1 saturated carbocycles.